The second-order valence-corrected chi connectivity index (χ2v) is 6.82. The Balaban J connectivity index is 1.38. The quantitative estimate of drug-likeness (QED) is 0.749. The third-order valence-corrected chi connectivity index (χ3v) is 5.04. The van der Waals surface area contributed by atoms with Crippen molar-refractivity contribution >= 4 is 16.9 Å². The number of benzene rings is 1. The van der Waals surface area contributed by atoms with E-state index < -0.39 is 6.10 Å². The molecule has 8 heteroatoms. The zero-order valence-corrected chi connectivity index (χ0v) is 13.6. The molecule has 1 atom stereocenters. The lowest BCUT2D eigenvalue weighted by Crippen LogP contribution is -2.38. The molecule has 1 aliphatic heterocycles. The Bertz CT molecular complexity index is 957. The van der Waals surface area contributed by atoms with Crippen molar-refractivity contribution < 1.29 is 9.90 Å². The number of amides is 1. The lowest BCUT2D eigenvalue weighted by Gasteiger charge is -2.27. The van der Waals surface area contributed by atoms with E-state index in [2.05, 4.69) is 20.5 Å². The molecule has 0 radical (unpaired) electrons. The molecule has 1 aliphatic carbocycles. The highest BCUT2D eigenvalue weighted by atomic mass is 16.3. The molecule has 2 aliphatic rings. The molecule has 0 bridgehead atoms. The Hall–Kier alpha value is -2.74. The number of aromatic amines is 1. The van der Waals surface area contributed by atoms with Crippen LogP contribution in [0.15, 0.2) is 24.3 Å². The van der Waals surface area contributed by atoms with Gasteiger partial charge in [-0.05, 0) is 43.0 Å². The van der Waals surface area contributed by atoms with Crippen LogP contribution in [-0.2, 0) is 13.1 Å². The minimum absolute atomic E-state index is 0.0263. The third kappa shape index (κ3) is 2.49. The number of nitrogens with zero attached hydrogens (tertiary/aromatic N) is 5. The van der Waals surface area contributed by atoms with Gasteiger partial charge in [-0.3, -0.25) is 9.48 Å². The van der Waals surface area contributed by atoms with Gasteiger partial charge in [0, 0.05) is 12.1 Å². The number of hydrogen-bond acceptors (Lipinski definition) is 5. The van der Waals surface area contributed by atoms with Crippen LogP contribution in [0.25, 0.3) is 11.0 Å². The summed E-state index contributed by atoms with van der Waals surface area (Å²) in [4.78, 5) is 14.6. The molecule has 2 N–H and O–H groups in total. The highest BCUT2D eigenvalue weighted by Gasteiger charge is 2.33. The molecular formula is C17H18N6O2. The Labute approximate surface area is 143 Å². The lowest BCUT2D eigenvalue weighted by atomic mass is 10.1. The number of carbonyl (C=O) groups is 1. The second kappa shape index (κ2) is 5.38. The van der Waals surface area contributed by atoms with Gasteiger partial charge in [0.15, 0.2) is 0 Å². The monoisotopic (exact) mass is 338 g/mol. The van der Waals surface area contributed by atoms with Crippen molar-refractivity contribution in [2.75, 3.05) is 6.54 Å². The standard InChI is InChI=1S/C17H18N6O2/c24-16(10-1-2-10)15-8-12-9-22(5-6-23(12)20-15)17(25)11-3-4-13-14(7-11)19-21-18-13/h3-4,7-8,10,16,24H,1-2,5-6,9H2,(H,18,19,21)/t16-/m1/s1. The molecule has 5 rings (SSSR count). The van der Waals surface area contributed by atoms with Crippen molar-refractivity contribution in [1.82, 2.24) is 30.1 Å². The van der Waals surface area contributed by atoms with Gasteiger partial charge in [-0.15, -0.1) is 0 Å². The van der Waals surface area contributed by atoms with Crippen LogP contribution in [0.4, 0.5) is 0 Å². The van der Waals surface area contributed by atoms with Crippen molar-refractivity contribution in [3.05, 3.63) is 41.2 Å². The van der Waals surface area contributed by atoms with Gasteiger partial charge in [-0.25, -0.2) is 0 Å². The van der Waals surface area contributed by atoms with Crippen molar-refractivity contribution in [3.63, 3.8) is 0 Å². The van der Waals surface area contributed by atoms with Crippen LogP contribution in [0.3, 0.4) is 0 Å². The summed E-state index contributed by atoms with van der Waals surface area (Å²) in [6, 6.07) is 7.27. The van der Waals surface area contributed by atoms with Gasteiger partial charge in [-0.1, -0.05) is 0 Å². The Morgan fingerprint density at radius 2 is 2.04 bits per heavy atom. The number of aliphatic hydroxyl groups excluding tert-OH is 1. The number of rotatable bonds is 3. The first-order chi connectivity index (χ1) is 12.2. The van der Waals surface area contributed by atoms with Gasteiger partial charge in [0.2, 0.25) is 0 Å². The summed E-state index contributed by atoms with van der Waals surface area (Å²) in [5.74, 6) is 0.325. The van der Waals surface area contributed by atoms with Crippen molar-refractivity contribution in [2.24, 2.45) is 5.92 Å². The number of aromatic nitrogens is 5. The fraction of sp³-hybridized carbons (Fsp3) is 0.412. The molecule has 3 aromatic rings. The highest BCUT2D eigenvalue weighted by molar-refractivity contribution is 5.97. The first-order valence-electron chi connectivity index (χ1n) is 8.53. The van der Waals surface area contributed by atoms with Crippen molar-refractivity contribution in [1.29, 1.82) is 0 Å². The number of aliphatic hydroxyl groups is 1. The Morgan fingerprint density at radius 1 is 1.20 bits per heavy atom. The van der Waals surface area contributed by atoms with Crippen LogP contribution in [0.5, 0.6) is 0 Å². The second-order valence-electron chi connectivity index (χ2n) is 6.82. The summed E-state index contributed by atoms with van der Waals surface area (Å²) in [5.41, 5.74) is 3.73. The van der Waals surface area contributed by atoms with Gasteiger partial charge in [0.1, 0.15) is 17.1 Å². The van der Waals surface area contributed by atoms with E-state index in [0.717, 1.165) is 29.7 Å². The van der Waals surface area contributed by atoms with Gasteiger partial charge >= 0.3 is 0 Å². The van der Waals surface area contributed by atoms with Gasteiger partial charge < -0.3 is 10.0 Å². The van der Waals surface area contributed by atoms with Gasteiger partial charge in [0.05, 0.1) is 24.5 Å². The summed E-state index contributed by atoms with van der Waals surface area (Å²) in [5, 5.41) is 25.4. The molecule has 1 aromatic carbocycles. The summed E-state index contributed by atoms with van der Waals surface area (Å²) >= 11 is 0. The van der Waals surface area contributed by atoms with Crippen molar-refractivity contribution in [3.8, 4) is 0 Å². The van der Waals surface area contributed by atoms with E-state index in [9.17, 15) is 9.90 Å². The Kier molecular flexibility index (Phi) is 3.14. The molecule has 0 saturated heterocycles. The fourth-order valence-corrected chi connectivity index (χ4v) is 3.42. The predicted molar refractivity (Wildman–Crippen MR) is 88.5 cm³/mol. The zero-order valence-electron chi connectivity index (χ0n) is 13.6. The summed E-state index contributed by atoms with van der Waals surface area (Å²) in [6.07, 6.45) is 1.66. The molecule has 0 spiro atoms. The first kappa shape index (κ1) is 14.6. The van der Waals surface area contributed by atoms with E-state index in [1.165, 1.54) is 0 Å². The first-order valence-corrected chi connectivity index (χ1v) is 8.53. The minimum Gasteiger partial charge on any atom is -0.386 e. The van der Waals surface area contributed by atoms with Crippen LogP contribution >= 0.6 is 0 Å². The zero-order chi connectivity index (χ0) is 17.0. The third-order valence-electron chi connectivity index (χ3n) is 5.04. The molecule has 8 nitrogen and oxygen atoms in total. The number of H-pyrrole nitrogens is 1. The molecule has 0 unspecified atom stereocenters. The largest absolute Gasteiger partial charge is 0.386 e. The SMILES string of the molecule is O=C(c1ccc2n[nH]nc2c1)N1CCn2nc([C@H](O)C3CC3)cc2C1. The van der Waals surface area contributed by atoms with Crippen LogP contribution in [0.2, 0.25) is 0 Å². The van der Waals surface area contributed by atoms with E-state index in [1.807, 2.05) is 15.6 Å². The summed E-state index contributed by atoms with van der Waals surface area (Å²) in [6.45, 7) is 1.74. The predicted octanol–water partition coefficient (Wildman–Crippen LogP) is 1.25. The van der Waals surface area contributed by atoms with E-state index in [-0.39, 0.29) is 5.91 Å². The van der Waals surface area contributed by atoms with Gasteiger partial charge in [-0.2, -0.15) is 20.5 Å². The van der Waals surface area contributed by atoms with E-state index in [1.54, 1.807) is 18.2 Å². The maximum absolute atomic E-state index is 12.8. The molecule has 1 fully saturated rings. The number of carbonyl (C=O) groups excluding carboxylic acids is 1. The minimum atomic E-state index is -0.475. The average Bonchev–Trinajstić information content (AvgIpc) is 3.22. The van der Waals surface area contributed by atoms with E-state index in [0.29, 0.717) is 36.6 Å². The smallest absolute Gasteiger partial charge is 0.254 e. The van der Waals surface area contributed by atoms with E-state index >= 15 is 0 Å². The molecular weight excluding hydrogens is 320 g/mol. The number of fused-ring (bicyclic) bond motifs is 2. The lowest BCUT2D eigenvalue weighted by molar-refractivity contribution is 0.0705. The molecule has 128 valence electrons. The number of hydrogen-bond donors (Lipinski definition) is 2. The fourth-order valence-electron chi connectivity index (χ4n) is 3.42. The molecule has 1 amide bonds. The molecule has 1 saturated carbocycles. The Morgan fingerprint density at radius 3 is 2.88 bits per heavy atom. The van der Waals surface area contributed by atoms with Crippen LogP contribution < -0.4 is 0 Å². The summed E-state index contributed by atoms with van der Waals surface area (Å²) < 4.78 is 1.91. The summed E-state index contributed by atoms with van der Waals surface area (Å²) in [7, 11) is 0. The normalized spacial score (nSPS) is 18.4. The highest BCUT2D eigenvalue weighted by Crippen LogP contribution is 2.40. The van der Waals surface area contributed by atoms with Crippen LogP contribution in [0.1, 0.15) is 40.7 Å². The maximum atomic E-state index is 12.8. The molecule has 2 aromatic heterocycles. The maximum Gasteiger partial charge on any atom is 0.254 e. The van der Waals surface area contributed by atoms with Crippen LogP contribution in [-0.4, -0.2) is 47.6 Å². The average molecular weight is 338 g/mol. The van der Waals surface area contributed by atoms with Gasteiger partial charge in [0.25, 0.3) is 5.91 Å². The van der Waals surface area contributed by atoms with Crippen molar-refractivity contribution in [2.45, 2.75) is 32.0 Å². The van der Waals surface area contributed by atoms with E-state index in [4.69, 9.17) is 0 Å². The number of nitrogens with one attached hydrogen (secondary N) is 1. The van der Waals surface area contributed by atoms with Crippen LogP contribution in [0, 0.1) is 5.92 Å². The molecule has 25 heavy (non-hydrogen) atoms. The molecule has 3 heterocycles. The topological polar surface area (TPSA) is 99.9 Å².